The van der Waals surface area contributed by atoms with Crippen molar-refractivity contribution < 1.29 is 13.2 Å². The molecule has 142 valence electrons. The molecule has 0 radical (unpaired) electrons. The topological polar surface area (TPSA) is 98.5 Å². The van der Waals surface area contributed by atoms with E-state index in [-0.39, 0.29) is 5.56 Å². The van der Waals surface area contributed by atoms with Crippen molar-refractivity contribution in [3.8, 4) is 18.2 Å². The van der Waals surface area contributed by atoms with Crippen LogP contribution in [0.4, 0.5) is 13.2 Å². The summed E-state index contributed by atoms with van der Waals surface area (Å²) in [6.45, 7) is 0.774. The van der Waals surface area contributed by atoms with Gasteiger partial charge in [0.1, 0.15) is 5.92 Å². The molecule has 28 heavy (non-hydrogen) atoms. The molecule has 5 nitrogen and oxygen atoms in total. The molecule has 1 heterocycles. The molecule has 1 N–H and O–H groups in total. The van der Waals surface area contributed by atoms with E-state index in [1.165, 1.54) is 18.2 Å². The van der Waals surface area contributed by atoms with E-state index in [0.717, 1.165) is 6.07 Å². The minimum Gasteiger partial charge on any atom is -0.305 e. The molecular weight excluding hydrogens is 367 g/mol. The Morgan fingerprint density at radius 1 is 1.18 bits per heavy atom. The predicted molar refractivity (Wildman–Crippen MR) is 93.7 cm³/mol. The second-order valence-corrected chi connectivity index (χ2v) is 7.10. The lowest BCUT2D eigenvalue weighted by atomic mass is 9.54. The molecule has 3 rings (SSSR count). The maximum absolute atomic E-state index is 13.7. The number of hydrogen-bond acceptors (Lipinski definition) is 5. The summed E-state index contributed by atoms with van der Waals surface area (Å²) in [6, 6.07) is 10.5. The number of likely N-dealkylation sites (N-methyl/N-ethyl adjacent to an activating group) is 1. The van der Waals surface area contributed by atoms with Crippen molar-refractivity contribution in [1.82, 2.24) is 4.90 Å². The molecule has 0 amide bonds. The minimum atomic E-state index is -4.67. The first-order valence-electron chi connectivity index (χ1n) is 8.57. The number of nitrogens with one attached hydrogen (secondary N) is 1. The summed E-state index contributed by atoms with van der Waals surface area (Å²) >= 11 is 0. The molecular formula is C20H16F3N5. The van der Waals surface area contributed by atoms with Crippen LogP contribution in [0.15, 0.2) is 35.9 Å². The second-order valence-electron chi connectivity index (χ2n) is 7.10. The first-order valence-corrected chi connectivity index (χ1v) is 8.57. The van der Waals surface area contributed by atoms with E-state index in [4.69, 9.17) is 5.41 Å². The molecule has 2 aliphatic rings. The molecule has 0 aromatic heterocycles. The molecule has 0 spiro atoms. The van der Waals surface area contributed by atoms with Gasteiger partial charge in [-0.05, 0) is 24.3 Å². The van der Waals surface area contributed by atoms with Gasteiger partial charge in [0.25, 0.3) is 0 Å². The number of halogens is 3. The molecule has 0 bridgehead atoms. The van der Waals surface area contributed by atoms with Crippen LogP contribution in [0.25, 0.3) is 0 Å². The zero-order chi connectivity index (χ0) is 20.7. The molecule has 1 aromatic rings. The van der Waals surface area contributed by atoms with Gasteiger partial charge < -0.3 is 10.3 Å². The number of rotatable bonds is 1. The zero-order valence-electron chi connectivity index (χ0n) is 15.0. The van der Waals surface area contributed by atoms with Gasteiger partial charge in [0.2, 0.25) is 0 Å². The SMILES string of the molecule is CN1CC=C2C(C#N)C(=N)C(C#N)(C#N)[C@@H](c3ccccc3C(F)(F)F)[C@H]2C1. The van der Waals surface area contributed by atoms with Crippen molar-refractivity contribution in [2.75, 3.05) is 20.1 Å². The maximum Gasteiger partial charge on any atom is 0.416 e. The highest BCUT2D eigenvalue weighted by Gasteiger charge is 2.58. The van der Waals surface area contributed by atoms with Crippen LogP contribution in [0, 0.1) is 56.7 Å². The lowest BCUT2D eigenvalue weighted by Crippen LogP contribution is -2.52. The van der Waals surface area contributed by atoms with Crippen LogP contribution >= 0.6 is 0 Å². The van der Waals surface area contributed by atoms with Crippen molar-refractivity contribution in [2.45, 2.75) is 12.1 Å². The van der Waals surface area contributed by atoms with E-state index in [1.54, 1.807) is 25.3 Å². The molecule has 1 aromatic carbocycles. The Balaban J connectivity index is 2.35. The van der Waals surface area contributed by atoms with Gasteiger partial charge in [0.15, 0.2) is 5.41 Å². The minimum absolute atomic E-state index is 0.189. The van der Waals surface area contributed by atoms with E-state index in [1.807, 2.05) is 11.0 Å². The molecule has 0 saturated heterocycles. The van der Waals surface area contributed by atoms with Crippen LogP contribution in [0.2, 0.25) is 0 Å². The fourth-order valence-corrected chi connectivity index (χ4v) is 4.32. The fourth-order valence-electron chi connectivity index (χ4n) is 4.32. The third kappa shape index (κ3) is 2.76. The normalized spacial score (nSPS) is 27.0. The van der Waals surface area contributed by atoms with Gasteiger partial charge in [0.05, 0.1) is 29.5 Å². The summed E-state index contributed by atoms with van der Waals surface area (Å²) in [6.07, 6.45) is -2.94. The summed E-state index contributed by atoms with van der Waals surface area (Å²) in [7, 11) is 1.78. The monoisotopic (exact) mass is 383 g/mol. The number of fused-ring (bicyclic) bond motifs is 1. The van der Waals surface area contributed by atoms with Crippen LogP contribution in [-0.2, 0) is 6.18 Å². The Labute approximate surface area is 160 Å². The van der Waals surface area contributed by atoms with Gasteiger partial charge >= 0.3 is 6.18 Å². The second kappa shape index (κ2) is 6.78. The van der Waals surface area contributed by atoms with E-state index in [0.29, 0.717) is 18.7 Å². The summed E-state index contributed by atoms with van der Waals surface area (Å²) in [5.74, 6) is -2.95. The molecule has 1 unspecified atom stereocenters. The molecule has 1 aliphatic heterocycles. The number of benzene rings is 1. The highest BCUT2D eigenvalue weighted by Crippen LogP contribution is 2.55. The highest BCUT2D eigenvalue weighted by atomic mass is 19.4. The first-order chi connectivity index (χ1) is 13.2. The molecule has 3 atom stereocenters. The van der Waals surface area contributed by atoms with Crippen LogP contribution in [0.5, 0.6) is 0 Å². The van der Waals surface area contributed by atoms with Crippen molar-refractivity contribution in [3.05, 3.63) is 47.0 Å². The largest absolute Gasteiger partial charge is 0.416 e. The smallest absolute Gasteiger partial charge is 0.305 e. The quantitative estimate of drug-likeness (QED) is 0.751. The Hall–Kier alpha value is -3.15. The molecule has 1 aliphatic carbocycles. The summed E-state index contributed by atoms with van der Waals surface area (Å²) < 4.78 is 41.1. The number of nitrogens with zero attached hydrogens (tertiary/aromatic N) is 4. The van der Waals surface area contributed by atoms with E-state index in [2.05, 4.69) is 0 Å². The number of hydrogen-bond donors (Lipinski definition) is 1. The van der Waals surface area contributed by atoms with Crippen molar-refractivity contribution in [1.29, 1.82) is 21.2 Å². The summed E-state index contributed by atoms with van der Waals surface area (Å²) in [5.41, 5.74) is -3.19. The lowest BCUT2D eigenvalue weighted by Gasteiger charge is -2.47. The van der Waals surface area contributed by atoms with E-state index in [9.17, 15) is 29.0 Å². The number of nitriles is 3. The lowest BCUT2D eigenvalue weighted by molar-refractivity contribution is -0.138. The Morgan fingerprint density at radius 3 is 2.39 bits per heavy atom. The van der Waals surface area contributed by atoms with Crippen LogP contribution in [-0.4, -0.2) is 30.7 Å². The number of alkyl halides is 3. The summed E-state index contributed by atoms with van der Waals surface area (Å²) in [4.78, 5) is 1.86. The van der Waals surface area contributed by atoms with Crippen LogP contribution < -0.4 is 0 Å². The van der Waals surface area contributed by atoms with E-state index >= 15 is 0 Å². The van der Waals surface area contributed by atoms with E-state index < -0.39 is 40.6 Å². The third-order valence-electron chi connectivity index (χ3n) is 5.57. The van der Waals surface area contributed by atoms with Gasteiger partial charge in [0, 0.05) is 24.9 Å². The highest BCUT2D eigenvalue weighted by molar-refractivity contribution is 6.00. The van der Waals surface area contributed by atoms with Crippen molar-refractivity contribution in [3.63, 3.8) is 0 Å². The molecule has 1 saturated carbocycles. The summed E-state index contributed by atoms with van der Waals surface area (Å²) in [5, 5.41) is 37.8. The maximum atomic E-state index is 13.7. The Bertz CT molecular complexity index is 959. The third-order valence-corrected chi connectivity index (χ3v) is 5.57. The Kier molecular flexibility index (Phi) is 4.75. The van der Waals surface area contributed by atoms with Gasteiger partial charge in [-0.1, -0.05) is 24.3 Å². The van der Waals surface area contributed by atoms with Gasteiger partial charge in [-0.3, -0.25) is 0 Å². The van der Waals surface area contributed by atoms with Crippen molar-refractivity contribution >= 4 is 5.71 Å². The standard InChI is InChI=1S/C20H16F3N5/c1-28-7-6-12-14(8-24)18(27)19(10-25,11-26)17(15(12)9-28)13-4-2-3-5-16(13)20(21,22)23/h2-6,14-15,17,27H,7,9H2,1H3/t14?,15-,17-/m0/s1. The average molecular weight is 383 g/mol. The van der Waals surface area contributed by atoms with Crippen LogP contribution in [0.3, 0.4) is 0 Å². The van der Waals surface area contributed by atoms with Crippen LogP contribution in [0.1, 0.15) is 17.0 Å². The molecule has 1 fully saturated rings. The van der Waals surface area contributed by atoms with Crippen molar-refractivity contribution in [2.24, 2.45) is 17.3 Å². The first kappa shape index (κ1) is 19.6. The van der Waals surface area contributed by atoms with Gasteiger partial charge in [-0.25, -0.2) is 0 Å². The van der Waals surface area contributed by atoms with Gasteiger partial charge in [-0.15, -0.1) is 0 Å². The van der Waals surface area contributed by atoms with Gasteiger partial charge in [-0.2, -0.15) is 29.0 Å². The zero-order valence-corrected chi connectivity index (χ0v) is 15.0. The predicted octanol–water partition coefficient (Wildman–Crippen LogP) is 3.48. The Morgan fingerprint density at radius 2 is 1.82 bits per heavy atom. The molecule has 8 heteroatoms. The average Bonchev–Trinajstić information content (AvgIpc) is 2.67. The fraction of sp³-hybridized carbons (Fsp3) is 0.400.